The van der Waals surface area contributed by atoms with Gasteiger partial charge in [-0.25, -0.2) is 4.79 Å². The van der Waals surface area contributed by atoms with Crippen LogP contribution in [0.3, 0.4) is 0 Å². The molecular formula is C17H20N2O5. The zero-order valence-electron chi connectivity index (χ0n) is 13.5. The summed E-state index contributed by atoms with van der Waals surface area (Å²) in [4.78, 5) is 38.9. The van der Waals surface area contributed by atoms with E-state index in [-0.39, 0.29) is 17.4 Å². The van der Waals surface area contributed by atoms with Crippen molar-refractivity contribution < 1.29 is 23.9 Å². The number of hydrogen-bond acceptors (Lipinski definition) is 5. The van der Waals surface area contributed by atoms with E-state index in [1.807, 2.05) is 0 Å². The highest BCUT2D eigenvalue weighted by atomic mass is 16.5. The Bertz CT molecular complexity index is 663. The molecule has 1 saturated carbocycles. The van der Waals surface area contributed by atoms with Crippen LogP contribution >= 0.6 is 0 Å². The molecule has 1 heterocycles. The van der Waals surface area contributed by atoms with E-state index in [0.29, 0.717) is 44.8 Å². The van der Waals surface area contributed by atoms with Crippen LogP contribution in [0.4, 0.5) is 5.69 Å². The zero-order valence-corrected chi connectivity index (χ0v) is 13.5. The number of rotatable bonds is 4. The predicted octanol–water partition coefficient (Wildman–Crippen LogP) is 1.05. The first-order valence-corrected chi connectivity index (χ1v) is 7.94. The molecule has 0 bridgehead atoms. The van der Waals surface area contributed by atoms with Crippen LogP contribution in [-0.4, -0.2) is 56.1 Å². The molecule has 1 saturated heterocycles. The maximum absolute atomic E-state index is 12.7. The number of carbonyl (C=O) groups excluding carboxylic acids is 3. The molecule has 0 spiro atoms. The molecule has 1 aromatic carbocycles. The molecule has 1 aliphatic carbocycles. The molecule has 2 amide bonds. The van der Waals surface area contributed by atoms with Crippen LogP contribution in [0.5, 0.6) is 0 Å². The maximum atomic E-state index is 12.7. The molecule has 0 atom stereocenters. The largest absolute Gasteiger partial charge is 0.465 e. The van der Waals surface area contributed by atoms with E-state index >= 15 is 0 Å². The van der Waals surface area contributed by atoms with Crippen molar-refractivity contribution in [1.82, 2.24) is 4.90 Å². The van der Waals surface area contributed by atoms with Crippen LogP contribution in [0.1, 0.15) is 23.2 Å². The van der Waals surface area contributed by atoms with Gasteiger partial charge < -0.3 is 19.7 Å². The smallest absolute Gasteiger partial charge is 0.339 e. The first kappa shape index (κ1) is 16.4. The van der Waals surface area contributed by atoms with Gasteiger partial charge in [-0.3, -0.25) is 9.59 Å². The Hall–Kier alpha value is -2.41. The number of amides is 2. The minimum Gasteiger partial charge on any atom is -0.465 e. The Morgan fingerprint density at radius 2 is 1.83 bits per heavy atom. The molecule has 128 valence electrons. The predicted molar refractivity (Wildman–Crippen MR) is 85.5 cm³/mol. The van der Waals surface area contributed by atoms with Crippen molar-refractivity contribution in [2.24, 2.45) is 5.41 Å². The lowest BCUT2D eigenvalue weighted by atomic mass is 10.0. The van der Waals surface area contributed by atoms with Crippen molar-refractivity contribution >= 4 is 23.5 Å². The van der Waals surface area contributed by atoms with Crippen LogP contribution in [0.15, 0.2) is 24.3 Å². The van der Waals surface area contributed by atoms with Crippen LogP contribution in [0.2, 0.25) is 0 Å². The normalized spacial score (nSPS) is 18.6. The summed E-state index contributed by atoms with van der Waals surface area (Å²) in [5, 5.41) is 2.73. The lowest BCUT2D eigenvalue weighted by Crippen LogP contribution is -2.47. The summed E-state index contributed by atoms with van der Waals surface area (Å²) in [5.74, 6) is -1.05. The van der Waals surface area contributed by atoms with E-state index < -0.39 is 11.4 Å². The van der Waals surface area contributed by atoms with Crippen molar-refractivity contribution in [3.05, 3.63) is 29.8 Å². The fourth-order valence-electron chi connectivity index (χ4n) is 2.85. The number of carbonyl (C=O) groups is 3. The van der Waals surface area contributed by atoms with E-state index in [1.54, 1.807) is 29.2 Å². The number of methoxy groups -OCH3 is 1. The number of anilines is 1. The lowest BCUT2D eigenvalue weighted by molar-refractivity contribution is -0.145. The van der Waals surface area contributed by atoms with Crippen molar-refractivity contribution in [2.45, 2.75) is 12.8 Å². The Balaban J connectivity index is 1.75. The highest BCUT2D eigenvalue weighted by molar-refractivity contribution is 6.14. The summed E-state index contributed by atoms with van der Waals surface area (Å²) < 4.78 is 9.97. The van der Waals surface area contributed by atoms with Gasteiger partial charge in [0.1, 0.15) is 5.41 Å². The number of benzene rings is 1. The van der Waals surface area contributed by atoms with Crippen LogP contribution in [0, 0.1) is 5.41 Å². The molecule has 1 aromatic rings. The third kappa shape index (κ3) is 2.99. The maximum Gasteiger partial charge on any atom is 0.339 e. The van der Waals surface area contributed by atoms with Gasteiger partial charge in [-0.15, -0.1) is 0 Å². The molecule has 2 fully saturated rings. The number of nitrogens with one attached hydrogen (secondary N) is 1. The van der Waals surface area contributed by atoms with Gasteiger partial charge in [-0.1, -0.05) is 12.1 Å². The Kier molecular flexibility index (Phi) is 4.53. The molecular weight excluding hydrogens is 312 g/mol. The summed E-state index contributed by atoms with van der Waals surface area (Å²) in [5.41, 5.74) is -0.390. The second kappa shape index (κ2) is 6.60. The van der Waals surface area contributed by atoms with E-state index in [0.717, 1.165) is 0 Å². The van der Waals surface area contributed by atoms with E-state index in [4.69, 9.17) is 9.47 Å². The minimum absolute atomic E-state index is 0.154. The average molecular weight is 332 g/mol. The average Bonchev–Trinajstić information content (AvgIpc) is 3.43. The molecule has 2 aliphatic rings. The summed E-state index contributed by atoms with van der Waals surface area (Å²) in [6.45, 7) is 2.00. The van der Waals surface area contributed by atoms with Gasteiger partial charge in [-0.2, -0.15) is 0 Å². The third-order valence-corrected chi connectivity index (χ3v) is 4.47. The molecule has 0 aromatic heterocycles. The molecule has 7 nitrogen and oxygen atoms in total. The fraction of sp³-hybridized carbons (Fsp3) is 0.471. The monoisotopic (exact) mass is 332 g/mol. The van der Waals surface area contributed by atoms with Crippen LogP contribution in [0.25, 0.3) is 0 Å². The van der Waals surface area contributed by atoms with Crippen molar-refractivity contribution in [3.8, 4) is 0 Å². The highest BCUT2D eigenvalue weighted by Crippen LogP contribution is 2.48. The molecule has 24 heavy (non-hydrogen) atoms. The van der Waals surface area contributed by atoms with Gasteiger partial charge in [-0.05, 0) is 25.0 Å². The van der Waals surface area contributed by atoms with E-state index in [2.05, 4.69) is 5.32 Å². The molecule has 1 N–H and O–H groups in total. The van der Waals surface area contributed by atoms with Crippen molar-refractivity contribution in [2.75, 3.05) is 38.7 Å². The molecule has 0 radical (unpaired) electrons. The minimum atomic E-state index is -1.01. The molecule has 1 aliphatic heterocycles. The van der Waals surface area contributed by atoms with E-state index in [9.17, 15) is 14.4 Å². The first-order valence-electron chi connectivity index (χ1n) is 7.94. The van der Waals surface area contributed by atoms with Crippen molar-refractivity contribution in [3.63, 3.8) is 0 Å². The summed E-state index contributed by atoms with van der Waals surface area (Å²) in [7, 11) is 1.28. The van der Waals surface area contributed by atoms with Gasteiger partial charge in [0.25, 0.3) is 0 Å². The Morgan fingerprint density at radius 3 is 2.46 bits per heavy atom. The first-order chi connectivity index (χ1) is 11.6. The van der Waals surface area contributed by atoms with Gasteiger partial charge in [0, 0.05) is 13.1 Å². The van der Waals surface area contributed by atoms with Gasteiger partial charge in [0.05, 0.1) is 31.6 Å². The summed E-state index contributed by atoms with van der Waals surface area (Å²) >= 11 is 0. The standard InChI is InChI=1S/C17H20N2O5/c1-23-14(20)12-4-2-3-5-13(12)18-15(21)17(6-7-17)16(22)19-8-10-24-11-9-19/h2-5H,6-11H2,1H3,(H,18,21). The highest BCUT2D eigenvalue weighted by Gasteiger charge is 2.58. The number of nitrogens with zero attached hydrogens (tertiary/aromatic N) is 1. The number of esters is 1. The summed E-state index contributed by atoms with van der Waals surface area (Å²) in [6, 6.07) is 6.60. The Morgan fingerprint density at radius 1 is 1.17 bits per heavy atom. The van der Waals surface area contributed by atoms with Crippen molar-refractivity contribution in [1.29, 1.82) is 0 Å². The van der Waals surface area contributed by atoms with Crippen LogP contribution < -0.4 is 5.32 Å². The molecule has 3 rings (SSSR count). The second-order valence-electron chi connectivity index (χ2n) is 5.98. The lowest BCUT2D eigenvalue weighted by Gasteiger charge is -2.30. The Labute approximate surface area is 139 Å². The van der Waals surface area contributed by atoms with Gasteiger partial charge in [0.2, 0.25) is 11.8 Å². The third-order valence-electron chi connectivity index (χ3n) is 4.47. The fourth-order valence-corrected chi connectivity index (χ4v) is 2.85. The second-order valence-corrected chi connectivity index (χ2v) is 5.98. The quantitative estimate of drug-likeness (QED) is 0.658. The topological polar surface area (TPSA) is 84.9 Å². The van der Waals surface area contributed by atoms with Gasteiger partial charge >= 0.3 is 5.97 Å². The number of para-hydroxylation sites is 1. The number of morpholine rings is 1. The SMILES string of the molecule is COC(=O)c1ccccc1NC(=O)C1(C(=O)N2CCOCC2)CC1. The molecule has 7 heteroatoms. The zero-order chi connectivity index (χ0) is 17.2. The van der Waals surface area contributed by atoms with Gasteiger partial charge in [0.15, 0.2) is 0 Å². The number of ether oxygens (including phenoxy) is 2. The number of hydrogen-bond donors (Lipinski definition) is 1. The van der Waals surface area contributed by atoms with E-state index in [1.165, 1.54) is 7.11 Å². The molecule has 0 unspecified atom stereocenters. The van der Waals surface area contributed by atoms with Crippen LogP contribution in [-0.2, 0) is 19.1 Å². The summed E-state index contributed by atoms with van der Waals surface area (Å²) in [6.07, 6.45) is 1.05.